The fourth-order valence-electron chi connectivity index (χ4n) is 3.31. The summed E-state index contributed by atoms with van der Waals surface area (Å²) < 4.78 is 16.7. The zero-order chi connectivity index (χ0) is 20.1. The summed E-state index contributed by atoms with van der Waals surface area (Å²) in [5.74, 6) is 0.692. The summed E-state index contributed by atoms with van der Waals surface area (Å²) in [5.41, 5.74) is 0.777. The van der Waals surface area contributed by atoms with E-state index in [0.29, 0.717) is 40.7 Å². The molecule has 1 amide bonds. The van der Waals surface area contributed by atoms with Gasteiger partial charge in [-0.2, -0.15) is 0 Å². The second kappa shape index (κ2) is 8.78. The Hall–Kier alpha value is -3.02. The maximum absolute atomic E-state index is 13.0. The SMILES string of the molecule is CCCCCC1C(=O)Nc2c(Oc3ccccc3OC)cc(OC)cc2C1=O. The lowest BCUT2D eigenvalue weighted by molar-refractivity contribution is -0.118. The van der Waals surface area contributed by atoms with E-state index < -0.39 is 5.92 Å². The highest BCUT2D eigenvalue weighted by molar-refractivity contribution is 6.21. The zero-order valence-electron chi connectivity index (χ0n) is 16.4. The second-order valence-electron chi connectivity index (χ2n) is 6.70. The number of hydrogen-bond donors (Lipinski definition) is 1. The quantitative estimate of drug-likeness (QED) is 0.522. The molecule has 6 heteroatoms. The van der Waals surface area contributed by atoms with Crippen LogP contribution < -0.4 is 19.5 Å². The zero-order valence-corrected chi connectivity index (χ0v) is 16.4. The summed E-state index contributed by atoms with van der Waals surface area (Å²) in [7, 11) is 3.08. The van der Waals surface area contributed by atoms with Crippen molar-refractivity contribution in [2.45, 2.75) is 32.6 Å². The average molecular weight is 383 g/mol. The topological polar surface area (TPSA) is 73.9 Å². The Kier molecular flexibility index (Phi) is 6.19. The summed E-state index contributed by atoms with van der Waals surface area (Å²) in [6.45, 7) is 2.09. The van der Waals surface area contributed by atoms with Crippen LogP contribution in [0.25, 0.3) is 0 Å². The first-order valence-corrected chi connectivity index (χ1v) is 9.47. The van der Waals surface area contributed by atoms with Crippen LogP contribution in [0.5, 0.6) is 23.0 Å². The van der Waals surface area contributed by atoms with Crippen molar-refractivity contribution < 1.29 is 23.8 Å². The van der Waals surface area contributed by atoms with Gasteiger partial charge in [-0.3, -0.25) is 9.59 Å². The largest absolute Gasteiger partial charge is 0.497 e. The van der Waals surface area contributed by atoms with Crippen LogP contribution in [0.2, 0.25) is 0 Å². The Morgan fingerprint density at radius 2 is 1.71 bits per heavy atom. The predicted molar refractivity (Wildman–Crippen MR) is 107 cm³/mol. The van der Waals surface area contributed by atoms with E-state index in [2.05, 4.69) is 12.2 Å². The van der Waals surface area contributed by atoms with Gasteiger partial charge in [-0.05, 0) is 24.6 Å². The number of ether oxygens (including phenoxy) is 3. The molecule has 1 N–H and O–H groups in total. The van der Waals surface area contributed by atoms with Gasteiger partial charge in [-0.1, -0.05) is 38.3 Å². The van der Waals surface area contributed by atoms with Crippen molar-refractivity contribution in [3.63, 3.8) is 0 Å². The maximum atomic E-state index is 13.0. The molecule has 1 heterocycles. The molecule has 2 aromatic carbocycles. The lowest BCUT2D eigenvalue weighted by Crippen LogP contribution is -2.35. The van der Waals surface area contributed by atoms with Crippen LogP contribution in [0.15, 0.2) is 36.4 Å². The van der Waals surface area contributed by atoms with Crippen molar-refractivity contribution in [2.24, 2.45) is 5.92 Å². The number of Topliss-reactive ketones (excluding diaryl/α,β-unsaturated/α-hetero) is 1. The summed E-state index contributed by atoms with van der Waals surface area (Å²) in [6.07, 6.45) is 3.40. The van der Waals surface area contributed by atoms with Gasteiger partial charge in [0.1, 0.15) is 11.7 Å². The fraction of sp³-hybridized carbons (Fsp3) is 0.364. The van der Waals surface area contributed by atoms with Crippen molar-refractivity contribution in [2.75, 3.05) is 19.5 Å². The molecule has 1 aliphatic heterocycles. The molecule has 0 radical (unpaired) electrons. The van der Waals surface area contributed by atoms with Gasteiger partial charge in [0.05, 0.1) is 19.9 Å². The highest BCUT2D eigenvalue weighted by Gasteiger charge is 2.36. The summed E-state index contributed by atoms with van der Waals surface area (Å²) in [4.78, 5) is 25.6. The van der Waals surface area contributed by atoms with Crippen LogP contribution in [0.3, 0.4) is 0 Å². The van der Waals surface area contributed by atoms with E-state index in [1.54, 1.807) is 31.4 Å². The number of para-hydroxylation sites is 2. The summed E-state index contributed by atoms with van der Waals surface area (Å²) >= 11 is 0. The molecule has 1 unspecified atom stereocenters. The molecule has 6 nitrogen and oxygen atoms in total. The number of benzene rings is 2. The molecule has 1 atom stereocenters. The normalized spacial score (nSPS) is 15.6. The third-order valence-electron chi connectivity index (χ3n) is 4.84. The summed E-state index contributed by atoms with van der Waals surface area (Å²) in [5, 5.41) is 2.86. The Morgan fingerprint density at radius 3 is 2.39 bits per heavy atom. The number of rotatable bonds is 8. The number of carbonyl (C=O) groups is 2. The van der Waals surface area contributed by atoms with E-state index in [1.807, 2.05) is 12.1 Å². The number of nitrogens with one attached hydrogen (secondary N) is 1. The number of carbonyl (C=O) groups excluding carboxylic acids is 2. The van der Waals surface area contributed by atoms with Gasteiger partial charge in [0.15, 0.2) is 23.0 Å². The van der Waals surface area contributed by atoms with Crippen LogP contribution >= 0.6 is 0 Å². The molecule has 0 bridgehead atoms. The molecule has 3 rings (SSSR count). The van der Waals surface area contributed by atoms with E-state index >= 15 is 0 Å². The number of unbranched alkanes of at least 4 members (excludes halogenated alkanes) is 2. The smallest absolute Gasteiger partial charge is 0.235 e. The molecule has 28 heavy (non-hydrogen) atoms. The minimum atomic E-state index is -0.676. The van der Waals surface area contributed by atoms with Crippen molar-refractivity contribution in [1.29, 1.82) is 0 Å². The van der Waals surface area contributed by atoms with Gasteiger partial charge < -0.3 is 19.5 Å². The fourth-order valence-corrected chi connectivity index (χ4v) is 3.31. The Bertz CT molecular complexity index is 877. The molecule has 0 aliphatic carbocycles. The van der Waals surface area contributed by atoms with E-state index in [0.717, 1.165) is 19.3 Å². The lowest BCUT2D eigenvalue weighted by Gasteiger charge is -2.26. The molecular formula is C22H25NO5. The summed E-state index contributed by atoms with van der Waals surface area (Å²) in [6, 6.07) is 10.5. The van der Waals surface area contributed by atoms with Crippen LogP contribution in [-0.4, -0.2) is 25.9 Å². The number of anilines is 1. The average Bonchev–Trinajstić information content (AvgIpc) is 2.71. The first kappa shape index (κ1) is 19.7. The van der Waals surface area contributed by atoms with Gasteiger partial charge in [-0.25, -0.2) is 0 Å². The minimum Gasteiger partial charge on any atom is -0.497 e. The van der Waals surface area contributed by atoms with Crippen LogP contribution in [0, 0.1) is 5.92 Å². The second-order valence-corrected chi connectivity index (χ2v) is 6.70. The molecule has 148 valence electrons. The van der Waals surface area contributed by atoms with Gasteiger partial charge in [0.25, 0.3) is 0 Å². The third-order valence-corrected chi connectivity index (χ3v) is 4.84. The van der Waals surface area contributed by atoms with Crippen LogP contribution in [0.4, 0.5) is 5.69 Å². The number of ketones is 1. The Balaban J connectivity index is 1.98. The molecule has 2 aromatic rings. The van der Waals surface area contributed by atoms with Gasteiger partial charge in [0, 0.05) is 11.6 Å². The molecule has 0 aromatic heterocycles. The monoisotopic (exact) mass is 383 g/mol. The van der Waals surface area contributed by atoms with E-state index in [4.69, 9.17) is 14.2 Å². The minimum absolute atomic E-state index is 0.196. The molecule has 0 spiro atoms. The first-order chi connectivity index (χ1) is 13.6. The number of amides is 1. The number of methoxy groups -OCH3 is 2. The van der Waals surface area contributed by atoms with Crippen molar-refractivity contribution >= 4 is 17.4 Å². The molecule has 0 fully saturated rings. The number of hydrogen-bond acceptors (Lipinski definition) is 5. The first-order valence-electron chi connectivity index (χ1n) is 9.47. The van der Waals surface area contributed by atoms with Crippen molar-refractivity contribution in [3.05, 3.63) is 42.0 Å². The molecule has 0 saturated heterocycles. The Labute approximate surface area is 164 Å². The van der Waals surface area contributed by atoms with Crippen molar-refractivity contribution in [1.82, 2.24) is 0 Å². The molecular weight excluding hydrogens is 358 g/mol. The third kappa shape index (κ3) is 3.96. The van der Waals surface area contributed by atoms with Gasteiger partial charge in [-0.15, -0.1) is 0 Å². The molecule has 0 saturated carbocycles. The lowest BCUT2D eigenvalue weighted by atomic mass is 9.87. The van der Waals surface area contributed by atoms with E-state index in [-0.39, 0.29) is 11.7 Å². The van der Waals surface area contributed by atoms with Crippen LogP contribution in [-0.2, 0) is 4.79 Å². The predicted octanol–water partition coefficient (Wildman–Crippen LogP) is 4.83. The van der Waals surface area contributed by atoms with E-state index in [9.17, 15) is 9.59 Å². The highest BCUT2D eigenvalue weighted by atomic mass is 16.5. The Morgan fingerprint density at radius 1 is 0.964 bits per heavy atom. The van der Waals surface area contributed by atoms with Gasteiger partial charge in [0.2, 0.25) is 5.91 Å². The van der Waals surface area contributed by atoms with Crippen LogP contribution in [0.1, 0.15) is 43.0 Å². The van der Waals surface area contributed by atoms with Gasteiger partial charge >= 0.3 is 0 Å². The standard InChI is InChI=1S/C22H25NO5/c1-4-5-6-9-15-21(24)16-12-14(26-2)13-19(20(16)23-22(15)25)28-18-11-8-7-10-17(18)27-3/h7-8,10-13,15H,4-6,9H2,1-3H3,(H,23,25). The van der Waals surface area contributed by atoms with Crippen molar-refractivity contribution in [3.8, 4) is 23.0 Å². The highest BCUT2D eigenvalue weighted by Crippen LogP contribution is 2.42. The number of fused-ring (bicyclic) bond motifs is 1. The van der Waals surface area contributed by atoms with E-state index in [1.165, 1.54) is 7.11 Å². The molecule has 1 aliphatic rings. The maximum Gasteiger partial charge on any atom is 0.235 e.